The summed E-state index contributed by atoms with van der Waals surface area (Å²) in [6, 6.07) is 2.19. The number of nitrogens with two attached hydrogens (primary N) is 1. The van der Waals surface area contributed by atoms with Gasteiger partial charge in [-0.1, -0.05) is 45.4 Å². The van der Waals surface area contributed by atoms with Crippen molar-refractivity contribution >= 4 is 15.9 Å². The Kier molecular flexibility index (Phi) is 7.45. The minimum Gasteiger partial charge on any atom is -0.324 e. The molecule has 0 bridgehead atoms. The Morgan fingerprint density at radius 3 is 2.59 bits per heavy atom. The van der Waals surface area contributed by atoms with E-state index in [0.29, 0.717) is 0 Å². The number of halogens is 1. The van der Waals surface area contributed by atoms with Gasteiger partial charge in [0.2, 0.25) is 0 Å². The molecule has 0 saturated carbocycles. The molecule has 1 aromatic rings. The zero-order chi connectivity index (χ0) is 12.5. The van der Waals surface area contributed by atoms with E-state index in [4.69, 9.17) is 5.73 Å². The van der Waals surface area contributed by atoms with E-state index in [2.05, 4.69) is 33.9 Å². The largest absolute Gasteiger partial charge is 0.324 e. The quantitative estimate of drug-likeness (QED) is 0.713. The SMILES string of the molecule is CCCCCCCCC(N)c1cncc(Br)c1. The zero-order valence-electron chi connectivity index (χ0n) is 10.7. The Morgan fingerprint density at radius 1 is 1.18 bits per heavy atom. The van der Waals surface area contributed by atoms with Crippen LogP contribution in [0.3, 0.4) is 0 Å². The van der Waals surface area contributed by atoms with Crippen LogP contribution in [0, 0.1) is 0 Å². The van der Waals surface area contributed by atoms with E-state index in [1.165, 1.54) is 38.5 Å². The molecule has 0 saturated heterocycles. The first-order valence-electron chi connectivity index (χ1n) is 6.60. The molecular formula is C14H23BrN2. The Labute approximate surface area is 113 Å². The predicted molar refractivity (Wildman–Crippen MR) is 76.9 cm³/mol. The highest BCUT2D eigenvalue weighted by atomic mass is 79.9. The first kappa shape index (κ1) is 14.7. The summed E-state index contributed by atoms with van der Waals surface area (Å²) in [6.45, 7) is 2.25. The van der Waals surface area contributed by atoms with Crippen LogP contribution < -0.4 is 5.73 Å². The van der Waals surface area contributed by atoms with Crippen molar-refractivity contribution in [1.29, 1.82) is 0 Å². The molecule has 0 aromatic carbocycles. The average molecular weight is 299 g/mol. The highest BCUT2D eigenvalue weighted by Gasteiger charge is 2.06. The highest BCUT2D eigenvalue weighted by molar-refractivity contribution is 9.10. The van der Waals surface area contributed by atoms with Gasteiger partial charge in [0.15, 0.2) is 0 Å². The lowest BCUT2D eigenvalue weighted by Gasteiger charge is -2.11. The predicted octanol–water partition coefficient (Wildman–Crippen LogP) is 4.59. The molecule has 0 aliphatic heterocycles. The number of aromatic nitrogens is 1. The minimum absolute atomic E-state index is 0.131. The minimum atomic E-state index is 0.131. The van der Waals surface area contributed by atoms with Crippen molar-refractivity contribution in [3.63, 3.8) is 0 Å². The summed E-state index contributed by atoms with van der Waals surface area (Å²) in [5.41, 5.74) is 7.28. The first-order chi connectivity index (χ1) is 8.24. The molecule has 0 radical (unpaired) electrons. The number of hydrogen-bond acceptors (Lipinski definition) is 2. The molecule has 0 amide bonds. The van der Waals surface area contributed by atoms with Crippen LogP contribution in [0.2, 0.25) is 0 Å². The fourth-order valence-electron chi connectivity index (χ4n) is 1.94. The second-order valence-electron chi connectivity index (χ2n) is 4.60. The maximum absolute atomic E-state index is 6.14. The second kappa shape index (κ2) is 8.65. The molecule has 17 heavy (non-hydrogen) atoms. The van der Waals surface area contributed by atoms with Crippen molar-refractivity contribution in [2.24, 2.45) is 5.73 Å². The molecule has 3 heteroatoms. The Hall–Kier alpha value is -0.410. The van der Waals surface area contributed by atoms with Crippen LogP contribution in [0.1, 0.15) is 63.5 Å². The van der Waals surface area contributed by atoms with Crippen molar-refractivity contribution < 1.29 is 0 Å². The lowest BCUT2D eigenvalue weighted by molar-refractivity contribution is 0.546. The lowest BCUT2D eigenvalue weighted by Crippen LogP contribution is -2.10. The van der Waals surface area contributed by atoms with Crippen LogP contribution >= 0.6 is 15.9 Å². The number of nitrogens with zero attached hydrogens (tertiary/aromatic N) is 1. The van der Waals surface area contributed by atoms with E-state index in [9.17, 15) is 0 Å². The summed E-state index contributed by atoms with van der Waals surface area (Å²) in [5.74, 6) is 0. The third-order valence-corrected chi connectivity index (χ3v) is 3.46. The van der Waals surface area contributed by atoms with Crippen molar-refractivity contribution in [2.45, 2.75) is 57.9 Å². The molecule has 1 heterocycles. The van der Waals surface area contributed by atoms with E-state index in [1.807, 2.05) is 6.20 Å². The molecule has 1 atom stereocenters. The fraction of sp³-hybridized carbons (Fsp3) is 0.643. The van der Waals surface area contributed by atoms with E-state index in [0.717, 1.165) is 16.5 Å². The second-order valence-corrected chi connectivity index (χ2v) is 5.52. The normalized spacial score (nSPS) is 12.6. The van der Waals surface area contributed by atoms with Gasteiger partial charge in [-0.15, -0.1) is 0 Å². The van der Waals surface area contributed by atoms with E-state index >= 15 is 0 Å². The van der Waals surface area contributed by atoms with Crippen molar-refractivity contribution in [1.82, 2.24) is 4.98 Å². The number of pyridine rings is 1. The van der Waals surface area contributed by atoms with Crippen LogP contribution in [0.5, 0.6) is 0 Å². The average Bonchev–Trinajstić information content (AvgIpc) is 2.33. The van der Waals surface area contributed by atoms with Crippen LogP contribution in [-0.2, 0) is 0 Å². The third-order valence-electron chi connectivity index (χ3n) is 3.02. The standard InChI is InChI=1S/C14H23BrN2/c1-2-3-4-5-6-7-8-14(16)12-9-13(15)11-17-10-12/h9-11,14H,2-8,16H2,1H3. The summed E-state index contributed by atoms with van der Waals surface area (Å²) >= 11 is 3.42. The van der Waals surface area contributed by atoms with Crippen LogP contribution in [0.15, 0.2) is 22.9 Å². The Balaban J connectivity index is 2.19. The van der Waals surface area contributed by atoms with Crippen molar-refractivity contribution in [3.05, 3.63) is 28.5 Å². The monoisotopic (exact) mass is 298 g/mol. The van der Waals surface area contributed by atoms with Gasteiger partial charge in [0.05, 0.1) is 0 Å². The molecule has 0 fully saturated rings. The summed E-state index contributed by atoms with van der Waals surface area (Å²) in [6.07, 6.45) is 12.6. The van der Waals surface area contributed by atoms with Crippen LogP contribution in [0.25, 0.3) is 0 Å². The van der Waals surface area contributed by atoms with Crippen molar-refractivity contribution in [3.8, 4) is 0 Å². The van der Waals surface area contributed by atoms with Gasteiger partial charge in [0, 0.05) is 22.9 Å². The van der Waals surface area contributed by atoms with Gasteiger partial charge in [-0.3, -0.25) is 4.98 Å². The van der Waals surface area contributed by atoms with E-state index in [-0.39, 0.29) is 6.04 Å². The molecule has 0 spiro atoms. The smallest absolute Gasteiger partial charge is 0.0410 e. The van der Waals surface area contributed by atoms with Gasteiger partial charge in [-0.2, -0.15) is 0 Å². The lowest BCUT2D eigenvalue weighted by atomic mass is 10.0. The molecule has 0 aliphatic rings. The zero-order valence-corrected chi connectivity index (χ0v) is 12.2. The molecule has 1 unspecified atom stereocenters. The summed E-state index contributed by atoms with van der Waals surface area (Å²) in [4.78, 5) is 4.15. The molecular weight excluding hydrogens is 276 g/mol. The van der Waals surface area contributed by atoms with Gasteiger partial charge in [-0.05, 0) is 34.0 Å². The van der Waals surface area contributed by atoms with Gasteiger partial charge < -0.3 is 5.73 Å². The van der Waals surface area contributed by atoms with Crippen molar-refractivity contribution in [2.75, 3.05) is 0 Å². The molecule has 2 nitrogen and oxygen atoms in total. The Bertz CT molecular complexity index is 315. The summed E-state index contributed by atoms with van der Waals surface area (Å²) in [5, 5.41) is 0. The summed E-state index contributed by atoms with van der Waals surface area (Å²) < 4.78 is 1.01. The van der Waals surface area contributed by atoms with Gasteiger partial charge in [0.1, 0.15) is 0 Å². The van der Waals surface area contributed by atoms with E-state index in [1.54, 1.807) is 6.20 Å². The number of unbranched alkanes of at least 4 members (excludes halogenated alkanes) is 5. The van der Waals surface area contributed by atoms with Gasteiger partial charge >= 0.3 is 0 Å². The van der Waals surface area contributed by atoms with Crippen LogP contribution in [-0.4, -0.2) is 4.98 Å². The molecule has 2 N–H and O–H groups in total. The summed E-state index contributed by atoms with van der Waals surface area (Å²) in [7, 11) is 0. The van der Waals surface area contributed by atoms with E-state index < -0.39 is 0 Å². The molecule has 1 aromatic heterocycles. The van der Waals surface area contributed by atoms with Gasteiger partial charge in [0.25, 0.3) is 0 Å². The maximum Gasteiger partial charge on any atom is 0.0410 e. The maximum atomic E-state index is 6.14. The molecule has 1 rings (SSSR count). The van der Waals surface area contributed by atoms with Gasteiger partial charge in [-0.25, -0.2) is 0 Å². The topological polar surface area (TPSA) is 38.9 Å². The Morgan fingerprint density at radius 2 is 1.88 bits per heavy atom. The molecule has 96 valence electrons. The highest BCUT2D eigenvalue weighted by Crippen LogP contribution is 2.20. The molecule has 0 aliphatic carbocycles. The first-order valence-corrected chi connectivity index (χ1v) is 7.39. The fourth-order valence-corrected chi connectivity index (χ4v) is 2.32. The van der Waals surface area contributed by atoms with Crippen LogP contribution in [0.4, 0.5) is 0 Å². The number of rotatable bonds is 8. The third kappa shape index (κ3) is 6.18. The number of hydrogen-bond donors (Lipinski definition) is 1.